The number of nitro benzene ring substituents is 1. The van der Waals surface area contributed by atoms with E-state index in [0.29, 0.717) is 23.1 Å². The second kappa shape index (κ2) is 8.22. The maximum Gasteiger partial charge on any atom is 0.273 e. The molecule has 0 aliphatic carbocycles. The summed E-state index contributed by atoms with van der Waals surface area (Å²) in [6, 6.07) is 6.84. The van der Waals surface area contributed by atoms with E-state index in [-0.39, 0.29) is 40.7 Å². The van der Waals surface area contributed by atoms with Crippen LogP contribution in [0.25, 0.3) is 0 Å². The van der Waals surface area contributed by atoms with Crippen molar-refractivity contribution in [2.75, 3.05) is 26.2 Å². The van der Waals surface area contributed by atoms with Gasteiger partial charge in [-0.2, -0.15) is 4.31 Å². The standard InChI is InChI=1S/C17H17Cl2N3O5S/c1-11-6-16(27-14-8-12(18)7-13(19)9-14)17(10-15(11)22(23)24)28(25,26)21-4-2-20-3-5-21/h6-10,20H,2-5H2,1H3. The minimum Gasteiger partial charge on any atom is -0.456 e. The predicted octanol–water partition coefficient (Wildman–Crippen LogP) is 3.60. The molecule has 0 unspecified atom stereocenters. The van der Waals surface area contributed by atoms with Crippen LogP contribution in [0.1, 0.15) is 5.56 Å². The molecule has 1 heterocycles. The molecule has 0 spiro atoms. The molecule has 0 atom stereocenters. The van der Waals surface area contributed by atoms with Crippen molar-refractivity contribution in [2.24, 2.45) is 0 Å². The molecule has 28 heavy (non-hydrogen) atoms. The highest BCUT2D eigenvalue weighted by molar-refractivity contribution is 7.89. The number of piperazine rings is 1. The Labute approximate surface area is 172 Å². The highest BCUT2D eigenvalue weighted by Crippen LogP contribution is 2.37. The summed E-state index contributed by atoms with van der Waals surface area (Å²) in [6.45, 7) is 3.01. The fourth-order valence-electron chi connectivity index (χ4n) is 2.87. The first-order chi connectivity index (χ1) is 13.2. The molecule has 2 aromatic carbocycles. The van der Waals surface area contributed by atoms with Gasteiger partial charge in [-0.15, -0.1) is 0 Å². The number of nitro groups is 1. The van der Waals surface area contributed by atoms with Gasteiger partial charge >= 0.3 is 0 Å². The number of rotatable bonds is 5. The van der Waals surface area contributed by atoms with Gasteiger partial charge in [0.2, 0.25) is 10.0 Å². The first-order valence-corrected chi connectivity index (χ1v) is 10.5. The maximum absolute atomic E-state index is 13.2. The highest BCUT2D eigenvalue weighted by Gasteiger charge is 2.32. The third-order valence-electron chi connectivity index (χ3n) is 4.22. The van der Waals surface area contributed by atoms with E-state index < -0.39 is 14.9 Å². The van der Waals surface area contributed by atoms with Gasteiger partial charge in [0.15, 0.2) is 0 Å². The number of nitrogens with one attached hydrogen (secondary N) is 1. The first-order valence-electron chi connectivity index (χ1n) is 8.32. The lowest BCUT2D eigenvalue weighted by Gasteiger charge is -2.27. The Morgan fingerprint density at radius 3 is 2.29 bits per heavy atom. The normalized spacial score (nSPS) is 15.4. The van der Waals surface area contributed by atoms with Gasteiger partial charge in [-0.3, -0.25) is 10.1 Å². The van der Waals surface area contributed by atoms with Gasteiger partial charge in [-0.25, -0.2) is 8.42 Å². The maximum atomic E-state index is 13.2. The quantitative estimate of drug-likeness (QED) is 0.556. The number of hydrogen-bond donors (Lipinski definition) is 1. The Bertz CT molecular complexity index is 1000. The van der Waals surface area contributed by atoms with Crippen LogP contribution in [0.4, 0.5) is 5.69 Å². The van der Waals surface area contributed by atoms with Gasteiger partial charge in [-0.1, -0.05) is 23.2 Å². The van der Waals surface area contributed by atoms with Gasteiger partial charge < -0.3 is 10.1 Å². The van der Waals surface area contributed by atoms with Crippen molar-refractivity contribution in [1.82, 2.24) is 9.62 Å². The molecule has 0 amide bonds. The van der Waals surface area contributed by atoms with Crippen LogP contribution in [0.15, 0.2) is 35.2 Å². The number of nitrogens with zero attached hydrogens (tertiary/aromatic N) is 2. The van der Waals surface area contributed by atoms with E-state index in [2.05, 4.69) is 5.32 Å². The minimum atomic E-state index is -4.01. The number of sulfonamides is 1. The fourth-order valence-corrected chi connectivity index (χ4v) is 4.93. The van der Waals surface area contributed by atoms with Gasteiger partial charge in [0.05, 0.1) is 4.92 Å². The van der Waals surface area contributed by atoms with Crippen LogP contribution in [-0.4, -0.2) is 43.8 Å². The van der Waals surface area contributed by atoms with Crippen molar-refractivity contribution >= 4 is 38.9 Å². The number of halogens is 2. The fraction of sp³-hybridized carbons (Fsp3) is 0.294. The molecular formula is C17H17Cl2N3O5S. The predicted molar refractivity (Wildman–Crippen MR) is 106 cm³/mol. The molecule has 2 aromatic rings. The van der Waals surface area contributed by atoms with Crippen molar-refractivity contribution in [3.8, 4) is 11.5 Å². The summed E-state index contributed by atoms with van der Waals surface area (Å²) < 4.78 is 33.3. The molecule has 0 radical (unpaired) electrons. The summed E-state index contributed by atoms with van der Waals surface area (Å²) in [5, 5.41) is 15.0. The lowest BCUT2D eigenvalue weighted by Crippen LogP contribution is -2.46. The topological polar surface area (TPSA) is 102 Å². The zero-order valence-corrected chi connectivity index (χ0v) is 17.1. The van der Waals surface area contributed by atoms with E-state index >= 15 is 0 Å². The highest BCUT2D eigenvalue weighted by atomic mass is 35.5. The molecule has 1 aliphatic rings. The number of ether oxygens (including phenoxy) is 1. The van der Waals surface area contributed by atoms with Gasteiger partial charge in [0, 0.05) is 47.9 Å². The smallest absolute Gasteiger partial charge is 0.273 e. The van der Waals surface area contributed by atoms with Crippen LogP contribution in [0, 0.1) is 17.0 Å². The monoisotopic (exact) mass is 445 g/mol. The Morgan fingerprint density at radius 1 is 1.11 bits per heavy atom. The summed E-state index contributed by atoms with van der Waals surface area (Å²) in [4.78, 5) is 10.5. The van der Waals surface area contributed by atoms with E-state index in [4.69, 9.17) is 27.9 Å². The molecule has 0 saturated carbocycles. The lowest BCUT2D eigenvalue weighted by molar-refractivity contribution is -0.385. The van der Waals surface area contributed by atoms with E-state index in [1.807, 2.05) is 0 Å². The first kappa shape index (κ1) is 20.8. The molecule has 11 heteroatoms. The second-order valence-electron chi connectivity index (χ2n) is 6.20. The Hall–Kier alpha value is -1.91. The average molecular weight is 446 g/mol. The Morgan fingerprint density at radius 2 is 1.71 bits per heavy atom. The van der Waals surface area contributed by atoms with Crippen LogP contribution in [-0.2, 0) is 10.0 Å². The minimum absolute atomic E-state index is 0.0278. The molecule has 1 aliphatic heterocycles. The molecule has 3 rings (SSSR count). The van der Waals surface area contributed by atoms with Crippen LogP contribution in [0.2, 0.25) is 10.0 Å². The van der Waals surface area contributed by atoms with Crippen LogP contribution in [0.3, 0.4) is 0 Å². The third kappa shape index (κ3) is 4.39. The lowest BCUT2D eigenvalue weighted by atomic mass is 10.2. The third-order valence-corrected chi connectivity index (χ3v) is 6.57. The largest absolute Gasteiger partial charge is 0.456 e. The average Bonchev–Trinajstić information content (AvgIpc) is 2.61. The van der Waals surface area contributed by atoms with Gasteiger partial charge in [0.1, 0.15) is 16.4 Å². The van der Waals surface area contributed by atoms with Gasteiger partial charge in [-0.05, 0) is 31.2 Å². The summed E-state index contributed by atoms with van der Waals surface area (Å²) in [7, 11) is -4.01. The Balaban J connectivity index is 2.12. The van der Waals surface area contributed by atoms with Crippen LogP contribution >= 0.6 is 23.2 Å². The van der Waals surface area contributed by atoms with Crippen molar-refractivity contribution in [2.45, 2.75) is 11.8 Å². The zero-order valence-electron chi connectivity index (χ0n) is 14.8. The summed E-state index contributed by atoms with van der Waals surface area (Å²) in [6.07, 6.45) is 0. The number of aryl methyl sites for hydroxylation is 1. The molecular weight excluding hydrogens is 429 g/mol. The molecule has 0 aromatic heterocycles. The summed E-state index contributed by atoms with van der Waals surface area (Å²) >= 11 is 12.0. The molecule has 1 N–H and O–H groups in total. The van der Waals surface area contributed by atoms with Crippen molar-refractivity contribution in [3.05, 3.63) is 56.1 Å². The number of hydrogen-bond acceptors (Lipinski definition) is 6. The van der Waals surface area contributed by atoms with E-state index in [1.54, 1.807) is 0 Å². The van der Waals surface area contributed by atoms with Crippen LogP contribution in [0.5, 0.6) is 11.5 Å². The SMILES string of the molecule is Cc1cc(Oc2cc(Cl)cc(Cl)c2)c(S(=O)(=O)N2CCNCC2)cc1[N+](=O)[O-]. The summed E-state index contributed by atoms with van der Waals surface area (Å²) in [5.74, 6) is 0.197. The second-order valence-corrected chi connectivity index (χ2v) is 8.98. The molecule has 0 bridgehead atoms. The van der Waals surface area contributed by atoms with Gasteiger partial charge in [0.25, 0.3) is 5.69 Å². The van der Waals surface area contributed by atoms with E-state index in [1.165, 1.54) is 35.5 Å². The van der Waals surface area contributed by atoms with E-state index in [9.17, 15) is 18.5 Å². The van der Waals surface area contributed by atoms with Crippen molar-refractivity contribution < 1.29 is 18.1 Å². The number of benzene rings is 2. The van der Waals surface area contributed by atoms with E-state index in [0.717, 1.165) is 6.07 Å². The van der Waals surface area contributed by atoms with Crippen molar-refractivity contribution in [1.29, 1.82) is 0 Å². The molecule has 1 saturated heterocycles. The van der Waals surface area contributed by atoms with Crippen molar-refractivity contribution in [3.63, 3.8) is 0 Å². The molecule has 150 valence electrons. The Kier molecular flexibility index (Phi) is 6.11. The van der Waals surface area contributed by atoms with Crippen LogP contribution < -0.4 is 10.1 Å². The molecule has 8 nitrogen and oxygen atoms in total. The molecule has 1 fully saturated rings. The zero-order chi connectivity index (χ0) is 20.5. The summed E-state index contributed by atoms with van der Waals surface area (Å²) in [5.41, 5.74) is -0.0300.